The molecule has 0 atom stereocenters. The number of hydrogen-bond donors (Lipinski definition) is 1. The van der Waals surface area contributed by atoms with Crippen LogP contribution in [0.5, 0.6) is 0 Å². The Labute approximate surface area is 137 Å². The number of piperazine rings is 1. The van der Waals surface area contributed by atoms with E-state index in [0.717, 1.165) is 12.1 Å². The van der Waals surface area contributed by atoms with E-state index in [0.29, 0.717) is 13.1 Å². The fraction of sp³-hybridized carbons (Fsp3) is 0.312. The Kier molecular flexibility index (Phi) is 3.82. The zero-order valence-corrected chi connectivity index (χ0v) is 13.2. The monoisotopic (exact) mass is 334 g/mol. The van der Waals surface area contributed by atoms with Gasteiger partial charge in [-0.2, -0.15) is 5.10 Å². The summed E-state index contributed by atoms with van der Waals surface area (Å²) in [7, 11) is 0. The molecule has 1 fully saturated rings. The molecule has 1 aromatic carbocycles. The highest BCUT2D eigenvalue weighted by molar-refractivity contribution is 5.98. The molecule has 0 aliphatic carbocycles. The van der Waals surface area contributed by atoms with Gasteiger partial charge < -0.3 is 10.2 Å². The summed E-state index contributed by atoms with van der Waals surface area (Å²) < 4.78 is 28.0. The van der Waals surface area contributed by atoms with Crippen molar-refractivity contribution in [1.29, 1.82) is 0 Å². The van der Waals surface area contributed by atoms with Crippen LogP contribution in [-0.2, 0) is 4.79 Å². The molecule has 1 aliphatic rings. The van der Waals surface area contributed by atoms with Crippen LogP contribution in [0.2, 0.25) is 0 Å². The number of benzene rings is 1. The first-order valence-corrected chi connectivity index (χ1v) is 7.42. The average molecular weight is 334 g/mol. The first kappa shape index (κ1) is 16.1. The van der Waals surface area contributed by atoms with Gasteiger partial charge in [-0.1, -0.05) is 0 Å². The molecule has 2 aromatic rings. The molecule has 0 unspecified atom stereocenters. The number of amides is 2. The highest BCUT2D eigenvalue weighted by Gasteiger charge is 2.41. The van der Waals surface area contributed by atoms with E-state index in [-0.39, 0.29) is 17.3 Å². The van der Waals surface area contributed by atoms with E-state index in [4.69, 9.17) is 0 Å². The van der Waals surface area contributed by atoms with Gasteiger partial charge in [-0.05, 0) is 32.0 Å². The summed E-state index contributed by atoms with van der Waals surface area (Å²) in [5.74, 6) is -2.14. The molecule has 0 saturated carbocycles. The van der Waals surface area contributed by atoms with E-state index in [2.05, 4.69) is 10.4 Å². The Morgan fingerprint density at radius 2 is 2.04 bits per heavy atom. The summed E-state index contributed by atoms with van der Waals surface area (Å²) in [4.78, 5) is 26.0. The molecule has 2 amide bonds. The number of carbonyl (C=O) groups excluding carboxylic acids is 2. The van der Waals surface area contributed by atoms with Gasteiger partial charge in [0.15, 0.2) is 11.5 Å². The van der Waals surface area contributed by atoms with Crippen molar-refractivity contribution >= 4 is 11.8 Å². The Morgan fingerprint density at radius 1 is 1.29 bits per heavy atom. The normalized spacial score (nSPS) is 16.8. The predicted octanol–water partition coefficient (Wildman–Crippen LogP) is 1.50. The summed E-state index contributed by atoms with van der Waals surface area (Å²) in [6, 6.07) is 4.54. The largest absolute Gasteiger partial charge is 0.352 e. The van der Waals surface area contributed by atoms with Crippen LogP contribution in [0.1, 0.15) is 24.3 Å². The van der Waals surface area contributed by atoms with Gasteiger partial charge in [0, 0.05) is 25.4 Å². The zero-order valence-electron chi connectivity index (χ0n) is 13.2. The molecular formula is C16H16F2N4O2. The van der Waals surface area contributed by atoms with Crippen molar-refractivity contribution in [1.82, 2.24) is 20.0 Å². The van der Waals surface area contributed by atoms with Gasteiger partial charge in [0.05, 0.1) is 0 Å². The molecule has 3 rings (SSSR count). The number of nitrogens with zero attached hydrogens (tertiary/aromatic N) is 3. The number of rotatable bonds is 2. The van der Waals surface area contributed by atoms with Crippen LogP contribution in [0.15, 0.2) is 30.5 Å². The topological polar surface area (TPSA) is 67.2 Å². The Bertz CT molecular complexity index is 816. The molecule has 1 aliphatic heterocycles. The van der Waals surface area contributed by atoms with Crippen molar-refractivity contribution in [3.05, 3.63) is 47.8 Å². The second-order valence-corrected chi connectivity index (χ2v) is 6.01. The van der Waals surface area contributed by atoms with Crippen molar-refractivity contribution in [3.8, 4) is 5.69 Å². The fourth-order valence-corrected chi connectivity index (χ4v) is 2.63. The van der Waals surface area contributed by atoms with Gasteiger partial charge >= 0.3 is 0 Å². The quantitative estimate of drug-likeness (QED) is 0.905. The Hall–Kier alpha value is -2.77. The van der Waals surface area contributed by atoms with Crippen molar-refractivity contribution in [2.45, 2.75) is 19.4 Å². The maximum absolute atomic E-state index is 13.8. The minimum Gasteiger partial charge on any atom is -0.352 e. The second-order valence-electron chi connectivity index (χ2n) is 6.01. The molecule has 1 aromatic heterocycles. The first-order chi connectivity index (χ1) is 11.3. The highest BCUT2D eigenvalue weighted by Crippen LogP contribution is 2.21. The highest BCUT2D eigenvalue weighted by atomic mass is 19.1. The fourth-order valence-electron chi connectivity index (χ4n) is 2.63. The molecular weight excluding hydrogens is 318 g/mol. The first-order valence-electron chi connectivity index (χ1n) is 7.42. The van der Waals surface area contributed by atoms with Crippen molar-refractivity contribution < 1.29 is 18.4 Å². The molecule has 0 bridgehead atoms. The number of hydrogen-bond acceptors (Lipinski definition) is 3. The SMILES string of the molecule is CC1(C)C(=O)NCCN1C(=O)c1ccn(-c2ccc(F)cc2F)n1. The third kappa shape index (κ3) is 2.64. The third-order valence-electron chi connectivity index (χ3n) is 4.06. The summed E-state index contributed by atoms with van der Waals surface area (Å²) >= 11 is 0. The van der Waals surface area contributed by atoms with E-state index < -0.39 is 23.1 Å². The van der Waals surface area contributed by atoms with Gasteiger partial charge in [0.2, 0.25) is 5.91 Å². The van der Waals surface area contributed by atoms with Gasteiger partial charge in [-0.25, -0.2) is 13.5 Å². The van der Waals surface area contributed by atoms with Gasteiger partial charge in [-0.3, -0.25) is 9.59 Å². The van der Waals surface area contributed by atoms with Crippen LogP contribution < -0.4 is 5.32 Å². The number of halogens is 2. The maximum atomic E-state index is 13.8. The van der Waals surface area contributed by atoms with E-state index in [1.807, 2.05) is 0 Å². The van der Waals surface area contributed by atoms with Crippen LogP contribution in [0.25, 0.3) is 5.69 Å². The summed E-state index contributed by atoms with van der Waals surface area (Å²) in [6.07, 6.45) is 1.42. The van der Waals surface area contributed by atoms with Crippen LogP contribution in [0, 0.1) is 11.6 Å². The van der Waals surface area contributed by atoms with Crippen LogP contribution in [0.3, 0.4) is 0 Å². The Balaban J connectivity index is 1.90. The minimum absolute atomic E-state index is 0.0334. The molecule has 24 heavy (non-hydrogen) atoms. The standard InChI is InChI=1S/C16H16F2N4O2/c1-16(2)15(24)19-6-8-21(16)14(23)12-5-7-22(20-12)13-4-3-10(17)9-11(13)18/h3-5,7,9H,6,8H2,1-2H3,(H,19,24). The molecule has 0 radical (unpaired) electrons. The molecule has 1 N–H and O–H groups in total. The van der Waals surface area contributed by atoms with Gasteiger partial charge in [0.25, 0.3) is 5.91 Å². The number of aromatic nitrogens is 2. The molecule has 6 nitrogen and oxygen atoms in total. The predicted molar refractivity (Wildman–Crippen MR) is 81.6 cm³/mol. The second kappa shape index (κ2) is 5.70. The van der Waals surface area contributed by atoms with Crippen LogP contribution in [-0.4, -0.2) is 45.1 Å². The number of nitrogens with one attached hydrogen (secondary N) is 1. The third-order valence-corrected chi connectivity index (χ3v) is 4.06. The van der Waals surface area contributed by atoms with Crippen molar-refractivity contribution in [2.75, 3.05) is 13.1 Å². The van der Waals surface area contributed by atoms with Crippen LogP contribution in [0.4, 0.5) is 8.78 Å². The summed E-state index contributed by atoms with van der Waals surface area (Å²) in [5.41, 5.74) is -0.882. The molecule has 8 heteroatoms. The molecule has 126 valence electrons. The lowest BCUT2D eigenvalue weighted by Crippen LogP contribution is -2.63. The summed E-state index contributed by atoms with van der Waals surface area (Å²) in [6.45, 7) is 4.02. The van der Waals surface area contributed by atoms with E-state index in [1.54, 1.807) is 13.8 Å². The lowest BCUT2D eigenvalue weighted by atomic mass is 9.98. The van der Waals surface area contributed by atoms with Crippen LogP contribution >= 0.6 is 0 Å². The minimum atomic E-state index is -1.000. The smallest absolute Gasteiger partial charge is 0.275 e. The Morgan fingerprint density at radius 3 is 2.75 bits per heavy atom. The van der Waals surface area contributed by atoms with E-state index in [9.17, 15) is 18.4 Å². The lowest BCUT2D eigenvalue weighted by Gasteiger charge is -2.40. The van der Waals surface area contributed by atoms with E-state index in [1.165, 1.54) is 27.9 Å². The van der Waals surface area contributed by atoms with Crippen molar-refractivity contribution in [3.63, 3.8) is 0 Å². The maximum Gasteiger partial charge on any atom is 0.275 e. The summed E-state index contributed by atoms with van der Waals surface area (Å²) in [5, 5.41) is 6.78. The van der Waals surface area contributed by atoms with E-state index >= 15 is 0 Å². The molecule has 1 saturated heterocycles. The van der Waals surface area contributed by atoms with Crippen molar-refractivity contribution in [2.24, 2.45) is 0 Å². The number of carbonyl (C=O) groups is 2. The lowest BCUT2D eigenvalue weighted by molar-refractivity contribution is -0.133. The zero-order chi connectivity index (χ0) is 17.5. The van der Waals surface area contributed by atoms with Gasteiger partial charge in [-0.15, -0.1) is 0 Å². The molecule has 0 spiro atoms. The van der Waals surface area contributed by atoms with Gasteiger partial charge in [0.1, 0.15) is 17.0 Å². The average Bonchev–Trinajstić information content (AvgIpc) is 2.99. The molecule has 2 heterocycles.